The van der Waals surface area contributed by atoms with Crippen LogP contribution in [0.25, 0.3) is 0 Å². The molecule has 0 spiro atoms. The molecule has 0 heterocycles. The van der Waals surface area contributed by atoms with Crippen LogP contribution in [0.2, 0.25) is 0 Å². The highest BCUT2D eigenvalue weighted by Gasteiger charge is 2.42. The SMILES string of the molecule is Cc1ccccc1[Si](c1ccccc1)(c1ccccc1)c1ccccc1C. The fraction of sp³-hybridized carbons (Fsp3) is 0.0769. The molecule has 0 aliphatic heterocycles. The molecule has 0 aliphatic rings. The molecule has 0 aliphatic carbocycles. The minimum Gasteiger partial charge on any atom is -0.0623 e. The lowest BCUT2D eigenvalue weighted by molar-refractivity contribution is 1.48. The molecule has 0 aromatic heterocycles. The Morgan fingerprint density at radius 1 is 0.407 bits per heavy atom. The van der Waals surface area contributed by atoms with Gasteiger partial charge in [-0.15, -0.1) is 0 Å². The summed E-state index contributed by atoms with van der Waals surface area (Å²) < 4.78 is 0. The predicted octanol–water partition coefficient (Wildman–Crippen LogP) is 3.68. The largest absolute Gasteiger partial charge is 0.180 e. The topological polar surface area (TPSA) is 0 Å². The maximum atomic E-state index is 2.34. The molecule has 0 fully saturated rings. The molecule has 4 rings (SSSR count). The van der Waals surface area contributed by atoms with Gasteiger partial charge in [0.2, 0.25) is 0 Å². The smallest absolute Gasteiger partial charge is 0.0623 e. The molecule has 0 nitrogen and oxygen atoms in total. The van der Waals surface area contributed by atoms with Gasteiger partial charge in [0, 0.05) is 0 Å². The first-order valence-electron chi connectivity index (χ1n) is 9.48. The van der Waals surface area contributed by atoms with Crippen molar-refractivity contribution in [2.45, 2.75) is 13.8 Å². The highest BCUT2D eigenvalue weighted by molar-refractivity contribution is 7.20. The van der Waals surface area contributed by atoms with E-state index < -0.39 is 8.07 Å². The fourth-order valence-corrected chi connectivity index (χ4v) is 9.59. The lowest BCUT2D eigenvalue weighted by atomic mass is 10.2. The first-order valence-corrected chi connectivity index (χ1v) is 11.5. The van der Waals surface area contributed by atoms with Gasteiger partial charge in [-0.2, -0.15) is 0 Å². The van der Waals surface area contributed by atoms with Crippen LogP contribution >= 0.6 is 0 Å². The summed E-state index contributed by atoms with van der Waals surface area (Å²) in [4.78, 5) is 0. The van der Waals surface area contributed by atoms with Crippen molar-refractivity contribution in [3.05, 3.63) is 120 Å². The molecule has 132 valence electrons. The summed E-state index contributed by atoms with van der Waals surface area (Å²) in [5, 5.41) is 5.80. The molecule has 0 atom stereocenters. The Hall–Kier alpha value is -2.90. The highest BCUT2D eigenvalue weighted by Crippen LogP contribution is 2.13. The minimum atomic E-state index is -2.39. The third-order valence-corrected chi connectivity index (χ3v) is 10.6. The van der Waals surface area contributed by atoms with Crippen molar-refractivity contribution in [3.8, 4) is 0 Å². The summed E-state index contributed by atoms with van der Waals surface area (Å²) in [5.41, 5.74) is 2.72. The van der Waals surface area contributed by atoms with Crippen molar-refractivity contribution in [1.29, 1.82) is 0 Å². The average molecular weight is 365 g/mol. The highest BCUT2D eigenvalue weighted by atomic mass is 28.3. The van der Waals surface area contributed by atoms with E-state index in [2.05, 4.69) is 123 Å². The van der Waals surface area contributed by atoms with Gasteiger partial charge in [0.1, 0.15) is 0 Å². The fourth-order valence-electron chi connectivity index (χ4n) is 4.30. The molecule has 0 radical (unpaired) electrons. The van der Waals surface area contributed by atoms with Gasteiger partial charge in [-0.25, -0.2) is 0 Å². The number of hydrogen-bond donors (Lipinski definition) is 0. The van der Waals surface area contributed by atoms with Gasteiger partial charge in [0.25, 0.3) is 0 Å². The summed E-state index contributed by atoms with van der Waals surface area (Å²) in [6.45, 7) is 4.50. The zero-order chi connectivity index (χ0) is 18.7. The standard InChI is InChI=1S/C26H24Si/c1-21-13-9-11-19-25(21)27(23-15-5-3-6-16-23,24-17-7-4-8-18-24)26-20-12-10-14-22(26)2/h3-20H,1-2H3. The summed E-state index contributed by atoms with van der Waals surface area (Å²) in [6.07, 6.45) is 0. The number of aryl methyl sites for hydroxylation is 2. The van der Waals surface area contributed by atoms with E-state index in [1.165, 1.54) is 31.9 Å². The van der Waals surface area contributed by atoms with Gasteiger partial charge in [0.05, 0.1) is 0 Å². The predicted molar refractivity (Wildman–Crippen MR) is 120 cm³/mol. The van der Waals surface area contributed by atoms with E-state index in [1.54, 1.807) is 0 Å². The van der Waals surface area contributed by atoms with Crippen LogP contribution in [-0.4, -0.2) is 8.07 Å². The molecule has 4 aromatic rings. The molecular weight excluding hydrogens is 340 g/mol. The summed E-state index contributed by atoms with van der Waals surface area (Å²) in [7, 11) is -2.39. The van der Waals surface area contributed by atoms with Gasteiger partial charge >= 0.3 is 0 Å². The Labute approximate surface area is 163 Å². The van der Waals surface area contributed by atoms with E-state index in [1.807, 2.05) is 0 Å². The molecule has 0 amide bonds. The van der Waals surface area contributed by atoms with Crippen LogP contribution < -0.4 is 20.7 Å². The van der Waals surface area contributed by atoms with Crippen molar-refractivity contribution in [3.63, 3.8) is 0 Å². The molecule has 4 aromatic carbocycles. The maximum Gasteiger partial charge on any atom is 0.180 e. The van der Waals surface area contributed by atoms with Crippen molar-refractivity contribution in [1.82, 2.24) is 0 Å². The zero-order valence-corrected chi connectivity index (χ0v) is 16.9. The van der Waals surface area contributed by atoms with E-state index in [-0.39, 0.29) is 0 Å². The number of rotatable bonds is 4. The van der Waals surface area contributed by atoms with E-state index in [4.69, 9.17) is 0 Å². The first-order chi connectivity index (χ1) is 13.2. The molecule has 0 saturated carbocycles. The second-order valence-electron chi connectivity index (χ2n) is 7.11. The first kappa shape index (κ1) is 17.5. The van der Waals surface area contributed by atoms with E-state index in [9.17, 15) is 0 Å². The van der Waals surface area contributed by atoms with Gasteiger partial charge in [-0.3, -0.25) is 0 Å². The van der Waals surface area contributed by atoms with E-state index >= 15 is 0 Å². The number of benzene rings is 4. The molecule has 0 N–H and O–H groups in total. The van der Waals surface area contributed by atoms with Crippen LogP contribution in [-0.2, 0) is 0 Å². The van der Waals surface area contributed by atoms with Crippen LogP contribution in [0.15, 0.2) is 109 Å². The minimum absolute atomic E-state index is 1.36. The van der Waals surface area contributed by atoms with Crippen LogP contribution in [0.4, 0.5) is 0 Å². The molecular formula is C26H24Si. The zero-order valence-electron chi connectivity index (χ0n) is 15.9. The normalized spacial score (nSPS) is 11.3. The van der Waals surface area contributed by atoms with Crippen LogP contribution in [0, 0.1) is 13.8 Å². The summed E-state index contributed by atoms with van der Waals surface area (Å²) >= 11 is 0. The number of hydrogen-bond acceptors (Lipinski definition) is 0. The Morgan fingerprint density at radius 2 is 0.741 bits per heavy atom. The lowest BCUT2D eigenvalue weighted by Gasteiger charge is -2.36. The Kier molecular flexibility index (Phi) is 4.78. The van der Waals surface area contributed by atoms with Crippen LogP contribution in [0.5, 0.6) is 0 Å². The molecule has 0 bridgehead atoms. The quantitative estimate of drug-likeness (QED) is 0.383. The van der Waals surface area contributed by atoms with Crippen LogP contribution in [0.3, 0.4) is 0 Å². The Balaban J connectivity index is 2.20. The molecule has 27 heavy (non-hydrogen) atoms. The van der Waals surface area contributed by atoms with Crippen molar-refractivity contribution < 1.29 is 0 Å². The third kappa shape index (κ3) is 2.94. The Bertz CT molecular complexity index is 949. The lowest BCUT2D eigenvalue weighted by Crippen LogP contribution is -2.75. The average Bonchev–Trinajstić information content (AvgIpc) is 2.73. The maximum absolute atomic E-state index is 2.39. The third-order valence-electron chi connectivity index (χ3n) is 5.51. The van der Waals surface area contributed by atoms with Gasteiger partial charge in [-0.1, -0.05) is 120 Å². The second-order valence-corrected chi connectivity index (χ2v) is 10.8. The van der Waals surface area contributed by atoms with Gasteiger partial charge in [0.15, 0.2) is 8.07 Å². The van der Waals surface area contributed by atoms with E-state index in [0.717, 1.165) is 0 Å². The monoisotopic (exact) mass is 364 g/mol. The summed E-state index contributed by atoms with van der Waals surface area (Å²) in [5.74, 6) is 0. The Morgan fingerprint density at radius 3 is 1.11 bits per heavy atom. The molecule has 0 saturated heterocycles. The molecule has 0 unspecified atom stereocenters. The molecule has 1 heteroatoms. The van der Waals surface area contributed by atoms with Crippen LogP contribution in [0.1, 0.15) is 11.1 Å². The second kappa shape index (κ2) is 7.38. The van der Waals surface area contributed by atoms with Crippen molar-refractivity contribution in [2.75, 3.05) is 0 Å². The van der Waals surface area contributed by atoms with Gasteiger partial charge in [-0.05, 0) is 34.6 Å². The van der Waals surface area contributed by atoms with Gasteiger partial charge < -0.3 is 0 Å². The van der Waals surface area contributed by atoms with Crippen molar-refractivity contribution in [2.24, 2.45) is 0 Å². The summed E-state index contributed by atoms with van der Waals surface area (Å²) in [6, 6.07) is 40.1. The van der Waals surface area contributed by atoms with Crippen molar-refractivity contribution >= 4 is 28.8 Å². The van der Waals surface area contributed by atoms with E-state index in [0.29, 0.717) is 0 Å².